The molecule has 1 heterocycles. The number of non-ortho nitro benzene ring substituents is 1. The van der Waals surface area contributed by atoms with E-state index in [1.165, 1.54) is 24.3 Å². The molecule has 0 bridgehead atoms. The molecule has 5 aromatic rings. The van der Waals surface area contributed by atoms with Gasteiger partial charge in [0.1, 0.15) is 5.52 Å². The molecule has 0 atom stereocenters. The summed E-state index contributed by atoms with van der Waals surface area (Å²) < 4.78 is 5.95. The zero-order chi connectivity index (χ0) is 21.4. The molecule has 0 saturated heterocycles. The Hall–Kier alpha value is -4.52. The van der Waals surface area contributed by atoms with Crippen LogP contribution >= 0.6 is 0 Å². The van der Waals surface area contributed by atoms with Gasteiger partial charge in [-0.05, 0) is 47.2 Å². The van der Waals surface area contributed by atoms with Gasteiger partial charge in [-0.15, -0.1) is 0 Å². The Morgan fingerprint density at radius 2 is 1.71 bits per heavy atom. The van der Waals surface area contributed by atoms with Crippen LogP contribution in [0.3, 0.4) is 0 Å². The topological polar surface area (TPSA) is 98.3 Å². The smallest absolute Gasteiger partial charge is 0.269 e. The van der Waals surface area contributed by atoms with E-state index >= 15 is 0 Å². The van der Waals surface area contributed by atoms with Gasteiger partial charge in [-0.1, -0.05) is 36.4 Å². The SMILES string of the molecule is O=C(Nc1ccc2oc(-c3cccc4ccccc34)nc2c1)c1ccc([N+](=O)[O-])cc1. The molecule has 5 rings (SSSR count). The number of hydrogen-bond acceptors (Lipinski definition) is 5. The van der Waals surface area contributed by atoms with E-state index in [0.29, 0.717) is 28.2 Å². The van der Waals surface area contributed by atoms with E-state index in [2.05, 4.69) is 10.3 Å². The van der Waals surface area contributed by atoms with Gasteiger partial charge in [-0.25, -0.2) is 4.98 Å². The molecule has 7 heteroatoms. The van der Waals surface area contributed by atoms with Crippen LogP contribution in [0.2, 0.25) is 0 Å². The number of hydrogen-bond donors (Lipinski definition) is 1. The van der Waals surface area contributed by atoms with E-state index in [0.717, 1.165) is 16.3 Å². The highest BCUT2D eigenvalue weighted by molar-refractivity contribution is 6.05. The van der Waals surface area contributed by atoms with Crippen molar-refractivity contribution < 1.29 is 14.1 Å². The molecule has 0 saturated carbocycles. The van der Waals surface area contributed by atoms with Gasteiger partial charge in [0.05, 0.1) is 4.92 Å². The van der Waals surface area contributed by atoms with E-state index in [1.807, 2.05) is 42.5 Å². The van der Waals surface area contributed by atoms with Gasteiger partial charge in [0.25, 0.3) is 11.6 Å². The molecule has 150 valence electrons. The third-order valence-electron chi connectivity index (χ3n) is 5.01. The van der Waals surface area contributed by atoms with Crippen molar-refractivity contribution in [2.75, 3.05) is 5.32 Å². The van der Waals surface area contributed by atoms with Crippen LogP contribution < -0.4 is 5.32 Å². The van der Waals surface area contributed by atoms with Crippen molar-refractivity contribution in [1.82, 2.24) is 4.98 Å². The number of oxazole rings is 1. The summed E-state index contributed by atoms with van der Waals surface area (Å²) >= 11 is 0. The van der Waals surface area contributed by atoms with Crippen LogP contribution in [0.1, 0.15) is 10.4 Å². The van der Waals surface area contributed by atoms with E-state index in [-0.39, 0.29) is 11.6 Å². The van der Waals surface area contributed by atoms with Gasteiger partial charge >= 0.3 is 0 Å². The van der Waals surface area contributed by atoms with Gasteiger partial charge in [0.15, 0.2) is 5.58 Å². The first-order chi connectivity index (χ1) is 15.1. The van der Waals surface area contributed by atoms with Crippen molar-refractivity contribution in [3.8, 4) is 11.5 Å². The number of aromatic nitrogens is 1. The highest BCUT2D eigenvalue weighted by atomic mass is 16.6. The van der Waals surface area contributed by atoms with Crippen LogP contribution in [0.25, 0.3) is 33.3 Å². The molecular weight excluding hydrogens is 394 g/mol. The molecule has 7 nitrogen and oxygen atoms in total. The van der Waals surface area contributed by atoms with Crippen LogP contribution in [0.15, 0.2) is 89.3 Å². The maximum Gasteiger partial charge on any atom is 0.269 e. The number of nitro benzene ring substituents is 1. The Kier molecular flexibility index (Phi) is 4.41. The highest BCUT2D eigenvalue weighted by Gasteiger charge is 2.13. The fourth-order valence-corrected chi connectivity index (χ4v) is 3.47. The predicted octanol–water partition coefficient (Wildman–Crippen LogP) is 5.81. The Morgan fingerprint density at radius 1 is 0.935 bits per heavy atom. The summed E-state index contributed by atoms with van der Waals surface area (Å²) in [6.45, 7) is 0. The fraction of sp³-hybridized carbons (Fsp3) is 0. The number of carbonyl (C=O) groups excluding carboxylic acids is 1. The third-order valence-corrected chi connectivity index (χ3v) is 5.01. The van der Waals surface area contributed by atoms with Gasteiger partial charge in [-0.3, -0.25) is 14.9 Å². The summed E-state index contributed by atoms with van der Waals surface area (Å²) in [5.41, 5.74) is 2.92. The monoisotopic (exact) mass is 409 g/mol. The van der Waals surface area contributed by atoms with E-state index in [9.17, 15) is 14.9 Å². The second-order valence-corrected chi connectivity index (χ2v) is 6.99. The quantitative estimate of drug-likeness (QED) is 0.298. The molecule has 0 aliphatic heterocycles. The molecule has 0 spiro atoms. The van der Waals surface area contributed by atoms with Crippen molar-refractivity contribution in [3.05, 3.63) is 101 Å². The molecule has 0 unspecified atom stereocenters. The lowest BCUT2D eigenvalue weighted by atomic mass is 10.0. The normalized spacial score (nSPS) is 11.0. The number of nitro groups is 1. The summed E-state index contributed by atoms with van der Waals surface area (Å²) in [6.07, 6.45) is 0. The first-order valence-corrected chi connectivity index (χ1v) is 9.53. The summed E-state index contributed by atoms with van der Waals surface area (Å²) in [5.74, 6) is 0.137. The number of anilines is 1. The zero-order valence-corrected chi connectivity index (χ0v) is 16.1. The molecule has 31 heavy (non-hydrogen) atoms. The summed E-state index contributed by atoms with van der Waals surface area (Å²) in [7, 11) is 0. The number of carbonyl (C=O) groups is 1. The summed E-state index contributed by atoms with van der Waals surface area (Å²) in [6, 6.07) is 24.6. The minimum absolute atomic E-state index is 0.0680. The van der Waals surface area contributed by atoms with Gasteiger partial charge in [0.2, 0.25) is 5.89 Å². The lowest BCUT2D eigenvalue weighted by molar-refractivity contribution is -0.384. The standard InChI is InChI=1S/C24H15N3O4/c28-23(16-8-11-18(12-9-16)27(29)30)25-17-10-13-22-21(14-17)26-24(31-22)20-7-3-5-15-4-1-2-6-19(15)20/h1-14H,(H,25,28). The van der Waals surface area contributed by atoms with Gasteiger partial charge in [0, 0.05) is 28.9 Å². The maximum atomic E-state index is 12.5. The van der Waals surface area contributed by atoms with Crippen molar-refractivity contribution >= 4 is 39.2 Å². The van der Waals surface area contributed by atoms with Crippen molar-refractivity contribution in [3.63, 3.8) is 0 Å². The number of nitrogens with one attached hydrogen (secondary N) is 1. The minimum atomic E-state index is -0.506. The number of fused-ring (bicyclic) bond motifs is 2. The first kappa shape index (κ1) is 18.5. The third kappa shape index (κ3) is 3.49. The van der Waals surface area contributed by atoms with Gasteiger partial charge < -0.3 is 9.73 Å². The lowest BCUT2D eigenvalue weighted by Crippen LogP contribution is -2.11. The summed E-state index contributed by atoms with van der Waals surface area (Å²) in [4.78, 5) is 27.3. The predicted molar refractivity (Wildman–Crippen MR) is 118 cm³/mol. The molecule has 4 aromatic carbocycles. The molecule has 1 N–H and O–H groups in total. The Bertz CT molecular complexity index is 1450. The molecular formula is C24H15N3O4. The van der Waals surface area contributed by atoms with Crippen molar-refractivity contribution in [1.29, 1.82) is 0 Å². The number of nitrogens with zero attached hydrogens (tertiary/aromatic N) is 2. The minimum Gasteiger partial charge on any atom is -0.436 e. The van der Waals surface area contributed by atoms with Gasteiger partial charge in [-0.2, -0.15) is 0 Å². The molecule has 0 aliphatic rings. The maximum absolute atomic E-state index is 12.5. The van der Waals surface area contributed by atoms with Crippen LogP contribution in [0.5, 0.6) is 0 Å². The Morgan fingerprint density at radius 3 is 2.52 bits per heavy atom. The Labute approximate surface area is 176 Å². The molecule has 0 fully saturated rings. The zero-order valence-electron chi connectivity index (χ0n) is 16.1. The fourth-order valence-electron chi connectivity index (χ4n) is 3.47. The first-order valence-electron chi connectivity index (χ1n) is 9.53. The molecule has 0 radical (unpaired) electrons. The van der Waals surface area contributed by atoms with Crippen molar-refractivity contribution in [2.45, 2.75) is 0 Å². The number of benzene rings is 4. The summed E-state index contributed by atoms with van der Waals surface area (Å²) in [5, 5.41) is 15.7. The molecule has 1 amide bonds. The van der Waals surface area contributed by atoms with E-state index in [4.69, 9.17) is 4.42 Å². The molecule has 1 aromatic heterocycles. The van der Waals surface area contributed by atoms with Crippen LogP contribution in [0.4, 0.5) is 11.4 Å². The highest BCUT2D eigenvalue weighted by Crippen LogP contribution is 2.31. The number of amides is 1. The average Bonchev–Trinajstić information content (AvgIpc) is 3.22. The number of rotatable bonds is 4. The van der Waals surface area contributed by atoms with E-state index < -0.39 is 4.92 Å². The second kappa shape index (κ2) is 7.38. The Balaban J connectivity index is 1.44. The second-order valence-electron chi connectivity index (χ2n) is 6.99. The van der Waals surface area contributed by atoms with Crippen molar-refractivity contribution in [2.24, 2.45) is 0 Å². The van der Waals surface area contributed by atoms with Crippen LogP contribution in [0, 0.1) is 10.1 Å². The van der Waals surface area contributed by atoms with Crippen LogP contribution in [-0.4, -0.2) is 15.8 Å². The lowest BCUT2D eigenvalue weighted by Gasteiger charge is -2.04. The molecule has 0 aliphatic carbocycles. The largest absolute Gasteiger partial charge is 0.436 e. The van der Waals surface area contributed by atoms with Crippen LogP contribution in [-0.2, 0) is 0 Å². The van der Waals surface area contributed by atoms with E-state index in [1.54, 1.807) is 18.2 Å². The average molecular weight is 409 g/mol.